The molecule has 6 nitrogen and oxygen atoms in total. The second kappa shape index (κ2) is 4.91. The lowest BCUT2D eigenvalue weighted by atomic mass is 10.5. The highest BCUT2D eigenvalue weighted by molar-refractivity contribution is 7.89. The molecule has 15 heavy (non-hydrogen) atoms. The van der Waals surface area contributed by atoms with Gasteiger partial charge in [-0.15, -0.1) is 0 Å². The molecule has 0 aromatic heterocycles. The highest BCUT2D eigenvalue weighted by Crippen LogP contribution is 2.29. The van der Waals surface area contributed by atoms with Crippen molar-refractivity contribution in [1.29, 1.82) is 0 Å². The predicted octanol–water partition coefficient (Wildman–Crippen LogP) is -0.752. The Hall–Kier alpha value is -0.660. The quantitative estimate of drug-likeness (QED) is 0.607. The Morgan fingerprint density at radius 2 is 2.00 bits per heavy atom. The van der Waals surface area contributed by atoms with E-state index in [2.05, 4.69) is 0 Å². The number of sulfonamides is 1. The number of rotatable bonds is 7. The predicted molar refractivity (Wildman–Crippen MR) is 52.9 cm³/mol. The summed E-state index contributed by atoms with van der Waals surface area (Å²) in [6.45, 7) is -0.171. The average molecular weight is 237 g/mol. The van der Waals surface area contributed by atoms with Gasteiger partial charge >= 0.3 is 5.97 Å². The lowest BCUT2D eigenvalue weighted by molar-refractivity contribution is -0.136. The van der Waals surface area contributed by atoms with Gasteiger partial charge in [0.25, 0.3) is 0 Å². The lowest BCUT2D eigenvalue weighted by Crippen LogP contribution is -2.37. The molecule has 0 aromatic carbocycles. The number of carbonyl (C=O) groups is 1. The second-order valence-corrected chi connectivity index (χ2v) is 5.57. The van der Waals surface area contributed by atoms with Crippen molar-refractivity contribution < 1.29 is 23.4 Å². The van der Waals surface area contributed by atoms with Crippen LogP contribution in [0.15, 0.2) is 0 Å². The van der Waals surface area contributed by atoms with Gasteiger partial charge in [0.2, 0.25) is 10.0 Å². The van der Waals surface area contributed by atoms with Gasteiger partial charge in [-0.3, -0.25) is 4.79 Å². The van der Waals surface area contributed by atoms with Crippen LogP contribution in [0.5, 0.6) is 0 Å². The maximum atomic E-state index is 11.7. The molecule has 1 aliphatic carbocycles. The van der Waals surface area contributed by atoms with Crippen molar-refractivity contribution in [2.75, 3.05) is 18.9 Å². The summed E-state index contributed by atoms with van der Waals surface area (Å²) in [5.74, 6) is -1.52. The molecule has 0 bridgehead atoms. The fraction of sp³-hybridized carbons (Fsp3) is 0.875. The molecule has 1 aliphatic rings. The van der Waals surface area contributed by atoms with Crippen LogP contribution in [0.2, 0.25) is 0 Å². The van der Waals surface area contributed by atoms with Gasteiger partial charge in [0, 0.05) is 12.6 Å². The minimum absolute atomic E-state index is 0.0315. The number of carboxylic acid groups (broad SMARTS) is 1. The number of nitrogens with zero attached hydrogens (tertiary/aromatic N) is 1. The highest BCUT2D eigenvalue weighted by Gasteiger charge is 2.36. The van der Waals surface area contributed by atoms with Gasteiger partial charge in [-0.05, 0) is 12.8 Å². The fourth-order valence-corrected chi connectivity index (χ4v) is 3.04. The van der Waals surface area contributed by atoms with E-state index in [1.54, 1.807) is 0 Å². The maximum absolute atomic E-state index is 11.7. The Morgan fingerprint density at radius 1 is 1.40 bits per heavy atom. The van der Waals surface area contributed by atoms with E-state index < -0.39 is 28.2 Å². The summed E-state index contributed by atoms with van der Waals surface area (Å²) < 4.78 is 24.5. The summed E-state index contributed by atoms with van der Waals surface area (Å²) in [4.78, 5) is 10.3. The molecule has 0 aromatic rings. The van der Waals surface area contributed by atoms with Crippen molar-refractivity contribution in [3.8, 4) is 0 Å². The van der Waals surface area contributed by atoms with Crippen molar-refractivity contribution >= 4 is 16.0 Å². The SMILES string of the molecule is O=C(O)CCS(=O)(=O)N(CCO)C1CC1. The van der Waals surface area contributed by atoms with Gasteiger partial charge in [-0.25, -0.2) is 8.42 Å². The lowest BCUT2D eigenvalue weighted by Gasteiger charge is -2.20. The molecule has 0 radical (unpaired) electrons. The maximum Gasteiger partial charge on any atom is 0.304 e. The van der Waals surface area contributed by atoms with Gasteiger partial charge in [0.05, 0.1) is 18.8 Å². The van der Waals surface area contributed by atoms with E-state index in [1.165, 1.54) is 4.31 Å². The van der Waals surface area contributed by atoms with Gasteiger partial charge < -0.3 is 10.2 Å². The molecule has 0 atom stereocenters. The summed E-state index contributed by atoms with van der Waals surface area (Å²) >= 11 is 0. The first-order valence-corrected chi connectivity index (χ1v) is 6.40. The molecule has 1 fully saturated rings. The Labute approximate surface area is 88.6 Å². The van der Waals surface area contributed by atoms with E-state index in [0.29, 0.717) is 0 Å². The smallest absolute Gasteiger partial charge is 0.304 e. The van der Waals surface area contributed by atoms with E-state index in [4.69, 9.17) is 10.2 Å². The van der Waals surface area contributed by atoms with Crippen LogP contribution in [-0.4, -0.2) is 53.9 Å². The van der Waals surface area contributed by atoms with E-state index >= 15 is 0 Å². The van der Waals surface area contributed by atoms with E-state index in [9.17, 15) is 13.2 Å². The minimum atomic E-state index is -3.52. The summed E-state index contributed by atoms with van der Waals surface area (Å²) in [5.41, 5.74) is 0. The van der Waals surface area contributed by atoms with Gasteiger partial charge in [0.1, 0.15) is 0 Å². The molecule has 0 heterocycles. The third kappa shape index (κ3) is 3.77. The molecule has 0 aliphatic heterocycles. The zero-order valence-electron chi connectivity index (χ0n) is 8.29. The number of hydrogen-bond acceptors (Lipinski definition) is 4. The fourth-order valence-electron chi connectivity index (χ4n) is 1.34. The summed E-state index contributed by atoms with van der Waals surface area (Å²) in [5, 5.41) is 17.1. The molecule has 0 unspecified atom stereocenters. The molecule has 1 rings (SSSR count). The molecule has 88 valence electrons. The van der Waals surface area contributed by atoms with Crippen molar-refractivity contribution in [3.05, 3.63) is 0 Å². The zero-order chi connectivity index (χ0) is 11.5. The average Bonchev–Trinajstić information content (AvgIpc) is 2.94. The van der Waals surface area contributed by atoms with Crippen LogP contribution in [0.4, 0.5) is 0 Å². The normalized spacial score (nSPS) is 16.9. The number of aliphatic hydroxyl groups excluding tert-OH is 1. The largest absolute Gasteiger partial charge is 0.481 e. The highest BCUT2D eigenvalue weighted by atomic mass is 32.2. The van der Waals surface area contributed by atoms with Crippen LogP contribution >= 0.6 is 0 Å². The summed E-state index contributed by atoms with van der Waals surface area (Å²) in [7, 11) is -3.52. The van der Waals surface area contributed by atoms with Crippen molar-refractivity contribution in [1.82, 2.24) is 4.31 Å². The first-order chi connectivity index (χ1) is 6.97. The second-order valence-electron chi connectivity index (χ2n) is 3.53. The van der Waals surface area contributed by atoms with Crippen LogP contribution < -0.4 is 0 Å². The molecular formula is C8H15NO5S. The number of aliphatic hydroxyl groups is 1. The van der Waals surface area contributed by atoms with Gasteiger partial charge in [0.15, 0.2) is 0 Å². The van der Waals surface area contributed by atoms with Crippen LogP contribution in [0.1, 0.15) is 19.3 Å². The van der Waals surface area contributed by atoms with Crippen LogP contribution in [0.25, 0.3) is 0 Å². The Kier molecular flexibility index (Phi) is 4.06. The van der Waals surface area contributed by atoms with Crippen LogP contribution in [0.3, 0.4) is 0 Å². The van der Waals surface area contributed by atoms with Crippen molar-refractivity contribution in [3.63, 3.8) is 0 Å². The van der Waals surface area contributed by atoms with Crippen molar-refractivity contribution in [2.24, 2.45) is 0 Å². The van der Waals surface area contributed by atoms with E-state index in [0.717, 1.165) is 12.8 Å². The minimum Gasteiger partial charge on any atom is -0.481 e. The number of aliphatic carboxylic acids is 1. The summed E-state index contributed by atoms with van der Waals surface area (Å²) in [6, 6.07) is -0.0315. The standard InChI is InChI=1S/C8H15NO5S/c10-5-4-9(7-1-2-7)15(13,14)6-3-8(11)12/h7,10H,1-6H2,(H,11,12). The molecule has 0 saturated heterocycles. The third-order valence-corrected chi connectivity index (χ3v) is 4.12. The van der Waals surface area contributed by atoms with Crippen LogP contribution in [0, 0.1) is 0 Å². The summed E-state index contributed by atoms with van der Waals surface area (Å²) in [6.07, 6.45) is 1.20. The molecule has 7 heteroatoms. The number of carboxylic acids is 1. The Morgan fingerprint density at radius 3 is 2.40 bits per heavy atom. The van der Waals surface area contributed by atoms with Gasteiger partial charge in [-0.2, -0.15) is 4.31 Å². The Balaban J connectivity index is 2.59. The molecule has 1 saturated carbocycles. The van der Waals surface area contributed by atoms with Gasteiger partial charge in [-0.1, -0.05) is 0 Å². The molecule has 0 spiro atoms. The first-order valence-electron chi connectivity index (χ1n) is 4.79. The van der Waals surface area contributed by atoms with Crippen LogP contribution in [-0.2, 0) is 14.8 Å². The van der Waals surface area contributed by atoms with E-state index in [1.807, 2.05) is 0 Å². The zero-order valence-corrected chi connectivity index (χ0v) is 9.11. The number of hydrogen-bond donors (Lipinski definition) is 2. The molecule has 0 amide bonds. The monoisotopic (exact) mass is 237 g/mol. The third-order valence-electron chi connectivity index (χ3n) is 2.21. The van der Waals surface area contributed by atoms with Crippen molar-refractivity contribution in [2.45, 2.75) is 25.3 Å². The Bertz CT molecular complexity index is 322. The molecular weight excluding hydrogens is 222 g/mol. The topological polar surface area (TPSA) is 94.9 Å². The molecule has 2 N–H and O–H groups in total. The first kappa shape index (κ1) is 12.4. The van der Waals surface area contributed by atoms with E-state index in [-0.39, 0.29) is 19.2 Å².